The van der Waals surface area contributed by atoms with Gasteiger partial charge in [-0.15, -0.1) is 0 Å². The molecular formula is C19H22FN3O2S. The Morgan fingerprint density at radius 1 is 1.35 bits per heavy atom. The maximum atomic E-state index is 14.2. The van der Waals surface area contributed by atoms with E-state index < -0.39 is 11.5 Å². The summed E-state index contributed by atoms with van der Waals surface area (Å²) < 4.78 is 14.2. The Hall–Kier alpha value is -1.99. The second-order valence-corrected chi connectivity index (χ2v) is 8.02. The number of amides is 1. The Balaban J connectivity index is 1.57. The molecule has 2 aliphatic rings. The largest absolute Gasteiger partial charge is 0.392 e. The molecule has 1 spiro atoms. The lowest BCUT2D eigenvalue weighted by Gasteiger charge is -2.51. The van der Waals surface area contributed by atoms with E-state index in [-0.39, 0.29) is 11.7 Å². The van der Waals surface area contributed by atoms with Crippen molar-refractivity contribution in [3.63, 3.8) is 0 Å². The maximum absolute atomic E-state index is 14.2. The van der Waals surface area contributed by atoms with E-state index in [4.69, 9.17) is 0 Å². The first kappa shape index (κ1) is 17.4. The van der Waals surface area contributed by atoms with Gasteiger partial charge in [-0.3, -0.25) is 4.79 Å². The molecule has 0 aliphatic carbocycles. The summed E-state index contributed by atoms with van der Waals surface area (Å²) in [7, 11) is 0. The molecule has 4 rings (SSSR count). The second kappa shape index (κ2) is 6.96. The van der Waals surface area contributed by atoms with Crippen LogP contribution in [0.5, 0.6) is 0 Å². The Morgan fingerprint density at radius 2 is 2.23 bits per heavy atom. The summed E-state index contributed by atoms with van der Waals surface area (Å²) in [5.74, 6) is -0.000204. The number of halogens is 1. The molecule has 138 valence electrons. The van der Waals surface area contributed by atoms with Crippen LogP contribution in [0.15, 0.2) is 35.2 Å². The molecule has 2 aromatic rings. The van der Waals surface area contributed by atoms with Crippen LogP contribution in [0.3, 0.4) is 0 Å². The zero-order chi connectivity index (χ0) is 18.1. The summed E-state index contributed by atoms with van der Waals surface area (Å²) in [4.78, 5) is 20.7. The highest BCUT2D eigenvalue weighted by molar-refractivity contribution is 7.08. The van der Waals surface area contributed by atoms with Gasteiger partial charge in [0.15, 0.2) is 11.6 Å². The molecule has 1 N–H and O–H groups in total. The van der Waals surface area contributed by atoms with Gasteiger partial charge in [0.25, 0.3) is 5.91 Å². The van der Waals surface area contributed by atoms with E-state index in [2.05, 4.69) is 4.98 Å². The van der Waals surface area contributed by atoms with Gasteiger partial charge in [0, 0.05) is 43.2 Å². The standard InChI is InChI=1S/C19H22FN3O2S/c20-15-3-1-7-21-17(15)22-9-4-16(24)19(12-22)6-2-8-23(13-19)18(25)14-5-10-26-11-14/h1,3,5,7,10-11,16,24H,2,4,6,8-9,12-13H2/t16-,19-/m1/s1. The number of aliphatic hydroxyl groups is 1. The zero-order valence-corrected chi connectivity index (χ0v) is 15.3. The quantitative estimate of drug-likeness (QED) is 0.877. The number of nitrogens with zero attached hydrogens (tertiary/aromatic N) is 3. The number of rotatable bonds is 2. The van der Waals surface area contributed by atoms with Crippen LogP contribution in [0.25, 0.3) is 0 Å². The van der Waals surface area contributed by atoms with Gasteiger partial charge in [0.2, 0.25) is 0 Å². The number of hydrogen-bond donors (Lipinski definition) is 1. The van der Waals surface area contributed by atoms with E-state index in [1.807, 2.05) is 26.6 Å². The fourth-order valence-corrected chi connectivity index (χ4v) is 4.87. The predicted octanol–water partition coefficient (Wildman–Crippen LogP) is 2.78. The van der Waals surface area contributed by atoms with Gasteiger partial charge in [-0.1, -0.05) is 0 Å². The third kappa shape index (κ3) is 3.10. The summed E-state index contributed by atoms with van der Waals surface area (Å²) in [6.07, 6.45) is 3.31. The number of hydrogen-bond acceptors (Lipinski definition) is 5. The highest BCUT2D eigenvalue weighted by Crippen LogP contribution is 2.40. The Labute approximate surface area is 156 Å². The number of thiophene rings is 1. The Bertz CT molecular complexity index is 785. The van der Waals surface area contributed by atoms with E-state index in [1.54, 1.807) is 12.3 Å². The number of aromatic nitrogens is 1. The number of anilines is 1. The molecule has 0 bridgehead atoms. The fourth-order valence-electron chi connectivity index (χ4n) is 4.24. The number of likely N-dealkylation sites (tertiary alicyclic amines) is 1. The maximum Gasteiger partial charge on any atom is 0.254 e. The smallest absolute Gasteiger partial charge is 0.254 e. The highest BCUT2D eigenvalue weighted by Gasteiger charge is 2.47. The van der Waals surface area contributed by atoms with Crippen molar-refractivity contribution < 1.29 is 14.3 Å². The first-order valence-electron chi connectivity index (χ1n) is 8.94. The average Bonchev–Trinajstić information content (AvgIpc) is 3.19. The number of carbonyl (C=O) groups is 1. The molecule has 2 fully saturated rings. The number of aliphatic hydroxyl groups excluding tert-OH is 1. The van der Waals surface area contributed by atoms with Crippen molar-refractivity contribution >= 4 is 23.1 Å². The molecule has 5 nitrogen and oxygen atoms in total. The van der Waals surface area contributed by atoms with Gasteiger partial charge in [-0.05, 0) is 42.8 Å². The van der Waals surface area contributed by atoms with Crippen molar-refractivity contribution in [2.45, 2.75) is 25.4 Å². The van der Waals surface area contributed by atoms with Gasteiger partial charge < -0.3 is 14.9 Å². The molecule has 0 radical (unpaired) electrons. The third-order valence-corrected chi connectivity index (χ3v) is 6.27. The predicted molar refractivity (Wildman–Crippen MR) is 98.9 cm³/mol. The fraction of sp³-hybridized carbons (Fsp3) is 0.474. The van der Waals surface area contributed by atoms with E-state index in [0.29, 0.717) is 44.0 Å². The summed E-state index contributed by atoms with van der Waals surface area (Å²) in [5, 5.41) is 14.5. The molecule has 26 heavy (non-hydrogen) atoms. The van der Waals surface area contributed by atoms with Crippen LogP contribution < -0.4 is 4.90 Å². The van der Waals surface area contributed by atoms with Crippen LogP contribution in [0, 0.1) is 11.2 Å². The van der Waals surface area contributed by atoms with E-state index in [1.165, 1.54) is 17.4 Å². The summed E-state index contributed by atoms with van der Waals surface area (Å²) in [6.45, 7) is 2.26. The van der Waals surface area contributed by atoms with Gasteiger partial charge in [-0.25, -0.2) is 9.37 Å². The number of piperidine rings is 2. The molecule has 4 heterocycles. The SMILES string of the molecule is O=C(c1ccsc1)N1CCC[C@]2(C1)CN(c1ncccc1F)CC[C@H]2O. The van der Waals surface area contributed by atoms with Gasteiger partial charge in [0.05, 0.1) is 11.7 Å². The lowest BCUT2D eigenvalue weighted by Crippen LogP contribution is -2.60. The van der Waals surface area contributed by atoms with Crippen molar-refractivity contribution in [2.24, 2.45) is 5.41 Å². The monoisotopic (exact) mass is 375 g/mol. The molecule has 2 aliphatic heterocycles. The van der Waals surface area contributed by atoms with Crippen LogP contribution in [0.2, 0.25) is 0 Å². The lowest BCUT2D eigenvalue weighted by atomic mass is 9.71. The Morgan fingerprint density at radius 3 is 3.00 bits per heavy atom. The van der Waals surface area contributed by atoms with Crippen molar-refractivity contribution in [1.29, 1.82) is 0 Å². The first-order chi connectivity index (χ1) is 12.6. The molecule has 0 saturated carbocycles. The zero-order valence-electron chi connectivity index (χ0n) is 14.5. The van der Waals surface area contributed by atoms with Crippen molar-refractivity contribution in [2.75, 3.05) is 31.1 Å². The van der Waals surface area contributed by atoms with E-state index in [0.717, 1.165) is 12.8 Å². The minimum absolute atomic E-state index is 0.0127. The second-order valence-electron chi connectivity index (χ2n) is 7.24. The minimum Gasteiger partial charge on any atom is -0.392 e. The first-order valence-corrected chi connectivity index (χ1v) is 9.88. The van der Waals surface area contributed by atoms with Crippen LogP contribution >= 0.6 is 11.3 Å². The van der Waals surface area contributed by atoms with Crippen LogP contribution in [0.4, 0.5) is 10.2 Å². The Kier molecular flexibility index (Phi) is 4.67. The molecule has 0 aromatic carbocycles. The molecule has 0 unspecified atom stereocenters. The van der Waals surface area contributed by atoms with Crippen LogP contribution in [-0.2, 0) is 0 Å². The van der Waals surface area contributed by atoms with Crippen LogP contribution in [0.1, 0.15) is 29.6 Å². The molecular weight excluding hydrogens is 353 g/mol. The van der Waals surface area contributed by atoms with E-state index >= 15 is 0 Å². The molecule has 2 atom stereocenters. The molecule has 7 heteroatoms. The van der Waals surface area contributed by atoms with Crippen molar-refractivity contribution in [3.8, 4) is 0 Å². The molecule has 1 amide bonds. The summed E-state index contributed by atoms with van der Waals surface area (Å²) >= 11 is 1.50. The van der Waals surface area contributed by atoms with Gasteiger partial charge in [0.1, 0.15) is 0 Å². The van der Waals surface area contributed by atoms with Gasteiger partial charge in [-0.2, -0.15) is 11.3 Å². The molecule has 2 saturated heterocycles. The van der Waals surface area contributed by atoms with Crippen molar-refractivity contribution in [1.82, 2.24) is 9.88 Å². The highest BCUT2D eigenvalue weighted by atomic mass is 32.1. The topological polar surface area (TPSA) is 56.7 Å². The van der Waals surface area contributed by atoms with E-state index in [9.17, 15) is 14.3 Å². The lowest BCUT2D eigenvalue weighted by molar-refractivity contribution is -0.0363. The third-order valence-electron chi connectivity index (χ3n) is 5.59. The number of carbonyl (C=O) groups excluding carboxylic acids is 1. The minimum atomic E-state index is -0.497. The van der Waals surface area contributed by atoms with Crippen LogP contribution in [-0.4, -0.2) is 53.2 Å². The summed E-state index contributed by atoms with van der Waals surface area (Å²) in [5.41, 5.74) is 0.261. The number of pyridine rings is 1. The average molecular weight is 375 g/mol. The summed E-state index contributed by atoms with van der Waals surface area (Å²) in [6, 6.07) is 4.82. The van der Waals surface area contributed by atoms with Crippen molar-refractivity contribution in [3.05, 3.63) is 46.5 Å². The van der Waals surface area contributed by atoms with Gasteiger partial charge >= 0.3 is 0 Å². The molecule has 2 aromatic heterocycles. The normalized spacial score (nSPS) is 26.3.